The van der Waals surface area contributed by atoms with Crippen LogP contribution in [0.3, 0.4) is 0 Å². The van der Waals surface area contributed by atoms with Crippen LogP contribution < -0.4 is 5.73 Å². The number of carbonyl (C=O) groups is 1. The summed E-state index contributed by atoms with van der Waals surface area (Å²) in [4.78, 5) is 11.8. The SMILES string of the molecule is COC(=O)c1sccc1S(=O)(=O)N1CCC(C)(CN)C1.Cl. The van der Waals surface area contributed by atoms with Gasteiger partial charge in [-0.3, -0.25) is 0 Å². The Hall–Kier alpha value is -0.670. The van der Waals surface area contributed by atoms with E-state index in [4.69, 9.17) is 5.73 Å². The van der Waals surface area contributed by atoms with Gasteiger partial charge < -0.3 is 10.5 Å². The molecule has 6 nitrogen and oxygen atoms in total. The number of hydrogen-bond donors (Lipinski definition) is 1. The molecule has 120 valence electrons. The van der Waals surface area contributed by atoms with E-state index in [2.05, 4.69) is 4.74 Å². The molecule has 2 N–H and O–H groups in total. The van der Waals surface area contributed by atoms with Crippen molar-refractivity contribution in [3.8, 4) is 0 Å². The lowest BCUT2D eigenvalue weighted by molar-refractivity contribution is 0.0602. The number of sulfonamides is 1. The Morgan fingerprint density at radius 1 is 1.57 bits per heavy atom. The summed E-state index contributed by atoms with van der Waals surface area (Å²) in [5.41, 5.74) is 5.50. The summed E-state index contributed by atoms with van der Waals surface area (Å²) in [5.74, 6) is -0.626. The van der Waals surface area contributed by atoms with Crippen LogP contribution in [0.25, 0.3) is 0 Å². The molecule has 2 heterocycles. The maximum absolute atomic E-state index is 12.6. The van der Waals surface area contributed by atoms with Crippen LogP contribution in [0.1, 0.15) is 23.0 Å². The number of halogens is 1. The van der Waals surface area contributed by atoms with E-state index in [0.717, 1.165) is 17.8 Å². The number of hydrogen-bond acceptors (Lipinski definition) is 6. The van der Waals surface area contributed by atoms with Gasteiger partial charge >= 0.3 is 5.97 Å². The Labute approximate surface area is 134 Å². The predicted octanol–water partition coefficient (Wildman–Crippen LogP) is 1.32. The molecule has 0 radical (unpaired) electrons. The summed E-state index contributed by atoms with van der Waals surface area (Å²) in [7, 11) is -2.44. The minimum Gasteiger partial charge on any atom is -0.465 e. The van der Waals surface area contributed by atoms with Crippen molar-refractivity contribution in [3.05, 3.63) is 16.3 Å². The van der Waals surface area contributed by atoms with Crippen molar-refractivity contribution in [1.82, 2.24) is 4.31 Å². The Balaban J connectivity index is 0.00000220. The molecule has 1 aromatic rings. The summed E-state index contributed by atoms with van der Waals surface area (Å²) in [6, 6.07) is 1.45. The van der Waals surface area contributed by atoms with Crippen LogP contribution in [0.4, 0.5) is 0 Å². The number of esters is 1. The normalized spacial score (nSPS) is 22.8. The first-order chi connectivity index (χ1) is 9.34. The van der Waals surface area contributed by atoms with E-state index in [1.165, 1.54) is 17.5 Å². The van der Waals surface area contributed by atoms with Crippen LogP contribution in [-0.4, -0.2) is 45.4 Å². The summed E-state index contributed by atoms with van der Waals surface area (Å²) in [6.07, 6.45) is 0.723. The molecule has 1 aliphatic heterocycles. The molecule has 9 heteroatoms. The van der Waals surface area contributed by atoms with E-state index in [1.54, 1.807) is 5.38 Å². The molecule has 2 rings (SSSR count). The molecule has 1 saturated heterocycles. The van der Waals surface area contributed by atoms with Crippen LogP contribution in [0.2, 0.25) is 0 Å². The molecule has 21 heavy (non-hydrogen) atoms. The van der Waals surface area contributed by atoms with E-state index in [1.807, 2.05) is 6.92 Å². The second-order valence-electron chi connectivity index (χ2n) is 5.21. The molecule has 0 bridgehead atoms. The summed E-state index contributed by atoms with van der Waals surface area (Å²) < 4.78 is 31.3. The third kappa shape index (κ3) is 3.40. The minimum absolute atomic E-state index is 0. The molecule has 1 unspecified atom stereocenters. The molecule has 1 aliphatic rings. The number of carbonyl (C=O) groups excluding carboxylic acids is 1. The third-order valence-corrected chi connectivity index (χ3v) is 6.54. The fourth-order valence-corrected chi connectivity index (χ4v) is 5.13. The lowest BCUT2D eigenvalue weighted by Crippen LogP contribution is -2.34. The zero-order valence-electron chi connectivity index (χ0n) is 11.9. The van der Waals surface area contributed by atoms with Crippen molar-refractivity contribution in [2.75, 3.05) is 26.7 Å². The molecule has 1 aromatic heterocycles. The van der Waals surface area contributed by atoms with Gasteiger partial charge in [0.2, 0.25) is 10.0 Å². The number of nitrogens with two attached hydrogens (primary N) is 1. The Morgan fingerprint density at radius 2 is 2.24 bits per heavy atom. The number of nitrogens with zero attached hydrogens (tertiary/aromatic N) is 1. The maximum atomic E-state index is 12.6. The van der Waals surface area contributed by atoms with E-state index in [-0.39, 0.29) is 27.6 Å². The lowest BCUT2D eigenvalue weighted by atomic mass is 9.90. The molecule has 0 aliphatic carbocycles. The van der Waals surface area contributed by atoms with Crippen LogP contribution in [0.5, 0.6) is 0 Å². The molecular formula is C12H19ClN2O4S2. The van der Waals surface area contributed by atoms with Gasteiger partial charge in [-0.2, -0.15) is 4.31 Å². The van der Waals surface area contributed by atoms with Gasteiger partial charge in [0.15, 0.2) is 0 Å². The molecule has 0 spiro atoms. The molecular weight excluding hydrogens is 336 g/mol. The maximum Gasteiger partial charge on any atom is 0.349 e. The number of ether oxygens (including phenoxy) is 1. The van der Waals surface area contributed by atoms with Gasteiger partial charge in [0.05, 0.1) is 7.11 Å². The van der Waals surface area contributed by atoms with Gasteiger partial charge in [-0.15, -0.1) is 23.7 Å². The van der Waals surface area contributed by atoms with Crippen molar-refractivity contribution < 1.29 is 17.9 Å². The summed E-state index contributed by atoms with van der Waals surface area (Å²) >= 11 is 1.07. The number of rotatable bonds is 4. The summed E-state index contributed by atoms with van der Waals surface area (Å²) in [6.45, 7) is 3.21. The van der Waals surface area contributed by atoms with E-state index in [9.17, 15) is 13.2 Å². The average Bonchev–Trinajstić information content (AvgIpc) is 3.05. The fraction of sp³-hybridized carbons (Fsp3) is 0.583. The highest BCUT2D eigenvalue weighted by Crippen LogP contribution is 2.34. The molecule has 1 atom stereocenters. The highest BCUT2D eigenvalue weighted by atomic mass is 35.5. The average molecular weight is 355 g/mol. The second kappa shape index (κ2) is 6.62. The fourth-order valence-electron chi connectivity index (χ4n) is 2.23. The van der Waals surface area contributed by atoms with Crippen molar-refractivity contribution in [1.29, 1.82) is 0 Å². The van der Waals surface area contributed by atoms with E-state index < -0.39 is 16.0 Å². The van der Waals surface area contributed by atoms with Crippen molar-refractivity contribution in [2.45, 2.75) is 18.2 Å². The van der Waals surface area contributed by atoms with Gasteiger partial charge in [-0.05, 0) is 29.8 Å². The zero-order chi connectivity index (χ0) is 15.0. The number of methoxy groups -OCH3 is 1. The largest absolute Gasteiger partial charge is 0.465 e. The first-order valence-electron chi connectivity index (χ1n) is 6.20. The minimum atomic E-state index is -3.67. The lowest BCUT2D eigenvalue weighted by Gasteiger charge is -2.22. The molecule has 0 amide bonds. The van der Waals surface area contributed by atoms with Gasteiger partial charge in [-0.25, -0.2) is 13.2 Å². The Kier molecular flexibility index (Phi) is 5.79. The van der Waals surface area contributed by atoms with Gasteiger partial charge in [-0.1, -0.05) is 6.92 Å². The van der Waals surface area contributed by atoms with Crippen LogP contribution in [0, 0.1) is 5.41 Å². The van der Waals surface area contributed by atoms with Crippen molar-refractivity contribution >= 4 is 39.7 Å². The van der Waals surface area contributed by atoms with Gasteiger partial charge in [0.25, 0.3) is 0 Å². The van der Waals surface area contributed by atoms with Crippen molar-refractivity contribution in [3.63, 3.8) is 0 Å². The first kappa shape index (κ1) is 18.4. The topological polar surface area (TPSA) is 89.7 Å². The highest BCUT2D eigenvalue weighted by Gasteiger charge is 2.40. The van der Waals surface area contributed by atoms with Crippen LogP contribution in [0.15, 0.2) is 16.3 Å². The van der Waals surface area contributed by atoms with Gasteiger partial charge in [0.1, 0.15) is 9.77 Å². The number of thiophene rings is 1. The smallest absolute Gasteiger partial charge is 0.349 e. The van der Waals surface area contributed by atoms with E-state index in [0.29, 0.717) is 19.6 Å². The first-order valence-corrected chi connectivity index (χ1v) is 8.52. The quantitative estimate of drug-likeness (QED) is 0.823. The molecule has 0 aromatic carbocycles. The van der Waals surface area contributed by atoms with Crippen LogP contribution in [-0.2, 0) is 14.8 Å². The van der Waals surface area contributed by atoms with Crippen molar-refractivity contribution in [2.24, 2.45) is 11.1 Å². The Morgan fingerprint density at radius 3 is 2.76 bits per heavy atom. The molecule has 0 saturated carbocycles. The van der Waals surface area contributed by atoms with E-state index >= 15 is 0 Å². The Bertz CT molecular complexity index is 617. The monoisotopic (exact) mass is 354 g/mol. The standard InChI is InChI=1S/C12H18N2O4S2.ClH/c1-12(7-13)4-5-14(8-12)20(16,17)9-3-6-19-10(9)11(15)18-2;/h3,6H,4-5,7-8,13H2,1-2H3;1H. The second-order valence-corrected chi connectivity index (χ2v) is 8.03. The highest BCUT2D eigenvalue weighted by molar-refractivity contribution is 7.89. The predicted molar refractivity (Wildman–Crippen MR) is 83.4 cm³/mol. The molecule has 1 fully saturated rings. The zero-order valence-corrected chi connectivity index (χ0v) is 14.3. The third-order valence-electron chi connectivity index (χ3n) is 3.63. The van der Waals surface area contributed by atoms with Crippen LogP contribution >= 0.6 is 23.7 Å². The summed E-state index contributed by atoms with van der Waals surface area (Å²) in [5, 5.41) is 1.58. The van der Waals surface area contributed by atoms with Gasteiger partial charge in [0, 0.05) is 13.1 Å².